The van der Waals surface area contributed by atoms with Crippen LogP contribution in [0.3, 0.4) is 0 Å². The first-order valence-electron chi connectivity index (χ1n) is 5.37. The molecule has 0 aromatic heterocycles. The van der Waals surface area contributed by atoms with Gasteiger partial charge in [-0.05, 0) is 12.1 Å². The number of para-hydroxylation sites is 1. The van der Waals surface area contributed by atoms with Crippen LogP contribution in [0.4, 0.5) is 25.8 Å². The van der Waals surface area contributed by atoms with Gasteiger partial charge in [0.25, 0.3) is 0 Å². The average molecular weight is 285 g/mol. The quantitative estimate of drug-likeness (QED) is 0.839. The van der Waals surface area contributed by atoms with Gasteiger partial charge in [0.2, 0.25) is 0 Å². The zero-order valence-electron chi connectivity index (χ0n) is 10.0. The van der Waals surface area contributed by atoms with Crippen LogP contribution in [0.1, 0.15) is 0 Å². The lowest BCUT2D eigenvalue weighted by atomic mass is 10.2. The largest absolute Gasteiger partial charge is 0.495 e. The molecule has 100 valence electrons. The van der Waals surface area contributed by atoms with Crippen LogP contribution in [-0.2, 0) is 0 Å². The van der Waals surface area contributed by atoms with Gasteiger partial charge >= 0.3 is 0 Å². The van der Waals surface area contributed by atoms with Gasteiger partial charge in [0, 0.05) is 12.1 Å². The van der Waals surface area contributed by atoms with Gasteiger partial charge in [-0.3, -0.25) is 0 Å². The van der Waals surface area contributed by atoms with E-state index >= 15 is 0 Å². The van der Waals surface area contributed by atoms with Crippen LogP contribution < -0.4 is 15.8 Å². The molecule has 19 heavy (non-hydrogen) atoms. The number of hydrogen-bond donors (Lipinski definition) is 2. The van der Waals surface area contributed by atoms with E-state index in [1.54, 1.807) is 0 Å². The SMILES string of the molecule is COc1cc(Nc2c(F)cccc2Cl)c(F)cc1N. The number of nitrogens with one attached hydrogen (secondary N) is 1. The van der Waals surface area contributed by atoms with E-state index in [0.29, 0.717) is 0 Å². The molecule has 0 fully saturated rings. The molecule has 2 aromatic rings. The third kappa shape index (κ3) is 2.71. The molecule has 6 heteroatoms. The molecule has 0 amide bonds. The summed E-state index contributed by atoms with van der Waals surface area (Å²) in [5, 5.41) is 2.74. The van der Waals surface area contributed by atoms with Crippen LogP contribution in [0.15, 0.2) is 30.3 Å². The highest BCUT2D eigenvalue weighted by Crippen LogP contribution is 2.33. The number of rotatable bonds is 3. The molecule has 3 nitrogen and oxygen atoms in total. The van der Waals surface area contributed by atoms with E-state index in [-0.39, 0.29) is 27.8 Å². The van der Waals surface area contributed by atoms with E-state index in [1.165, 1.54) is 31.4 Å². The number of methoxy groups -OCH3 is 1. The summed E-state index contributed by atoms with van der Waals surface area (Å²) < 4.78 is 32.3. The smallest absolute Gasteiger partial charge is 0.148 e. The van der Waals surface area contributed by atoms with Crippen LogP contribution in [-0.4, -0.2) is 7.11 Å². The van der Waals surface area contributed by atoms with Crippen molar-refractivity contribution in [1.82, 2.24) is 0 Å². The summed E-state index contributed by atoms with van der Waals surface area (Å²) in [5.41, 5.74) is 5.74. The van der Waals surface area contributed by atoms with Gasteiger partial charge in [0.05, 0.1) is 29.2 Å². The zero-order chi connectivity index (χ0) is 14.0. The van der Waals surface area contributed by atoms with E-state index in [1.807, 2.05) is 0 Å². The normalized spacial score (nSPS) is 10.3. The van der Waals surface area contributed by atoms with Gasteiger partial charge < -0.3 is 15.8 Å². The lowest BCUT2D eigenvalue weighted by molar-refractivity contribution is 0.416. The molecule has 0 saturated carbocycles. The van der Waals surface area contributed by atoms with Crippen molar-refractivity contribution >= 4 is 28.7 Å². The third-order valence-electron chi connectivity index (χ3n) is 2.54. The molecule has 0 aliphatic carbocycles. The number of ether oxygens (including phenoxy) is 1. The Morgan fingerprint density at radius 1 is 1.21 bits per heavy atom. The lowest BCUT2D eigenvalue weighted by Crippen LogP contribution is -2.00. The topological polar surface area (TPSA) is 47.3 Å². The number of nitrogens with two attached hydrogens (primary N) is 1. The van der Waals surface area contributed by atoms with Gasteiger partial charge in [0.15, 0.2) is 0 Å². The van der Waals surface area contributed by atoms with Gasteiger partial charge in [-0.15, -0.1) is 0 Å². The Hall–Kier alpha value is -2.01. The summed E-state index contributed by atoms with van der Waals surface area (Å²) in [6.07, 6.45) is 0. The second-order valence-corrected chi connectivity index (χ2v) is 4.20. The maximum absolute atomic E-state index is 13.8. The summed E-state index contributed by atoms with van der Waals surface area (Å²) >= 11 is 5.86. The molecule has 0 unspecified atom stereocenters. The number of hydrogen-bond acceptors (Lipinski definition) is 3. The summed E-state index contributed by atoms with van der Waals surface area (Å²) in [6, 6.07) is 6.62. The number of benzene rings is 2. The molecule has 3 N–H and O–H groups in total. The molecule has 0 heterocycles. The van der Waals surface area contributed by atoms with E-state index < -0.39 is 11.6 Å². The lowest BCUT2D eigenvalue weighted by Gasteiger charge is -2.13. The molecule has 0 bridgehead atoms. The molecule has 0 aliphatic rings. The molecule has 0 atom stereocenters. The Kier molecular flexibility index (Phi) is 3.76. The van der Waals surface area contributed by atoms with Crippen molar-refractivity contribution in [2.45, 2.75) is 0 Å². The molecule has 0 spiro atoms. The Morgan fingerprint density at radius 2 is 1.95 bits per heavy atom. The van der Waals surface area contributed by atoms with E-state index in [9.17, 15) is 8.78 Å². The van der Waals surface area contributed by atoms with Crippen LogP contribution in [0.5, 0.6) is 5.75 Å². The fourth-order valence-corrected chi connectivity index (χ4v) is 1.80. The minimum absolute atomic E-state index is 0.00473. The van der Waals surface area contributed by atoms with Crippen LogP contribution in [0.25, 0.3) is 0 Å². The van der Waals surface area contributed by atoms with E-state index in [0.717, 1.165) is 6.07 Å². The van der Waals surface area contributed by atoms with Crippen molar-refractivity contribution in [1.29, 1.82) is 0 Å². The van der Waals surface area contributed by atoms with Crippen LogP contribution in [0, 0.1) is 11.6 Å². The Balaban J connectivity index is 2.44. The minimum Gasteiger partial charge on any atom is -0.495 e. The van der Waals surface area contributed by atoms with Crippen molar-refractivity contribution < 1.29 is 13.5 Å². The summed E-state index contributed by atoms with van der Waals surface area (Å²) in [4.78, 5) is 0. The van der Waals surface area contributed by atoms with Crippen molar-refractivity contribution in [3.05, 3.63) is 47.0 Å². The molecule has 2 aromatic carbocycles. The number of halogens is 3. The zero-order valence-corrected chi connectivity index (χ0v) is 10.8. The summed E-state index contributed by atoms with van der Waals surface area (Å²) in [7, 11) is 1.41. The molecule has 2 rings (SSSR count). The fraction of sp³-hybridized carbons (Fsp3) is 0.0769. The average Bonchev–Trinajstić information content (AvgIpc) is 2.36. The Labute approximate surface area is 113 Å². The highest BCUT2D eigenvalue weighted by atomic mass is 35.5. The van der Waals surface area contributed by atoms with Crippen LogP contribution >= 0.6 is 11.6 Å². The molecule has 0 saturated heterocycles. The molecular formula is C13H11ClF2N2O. The first-order chi connectivity index (χ1) is 9.02. The number of anilines is 3. The summed E-state index contributed by atoms with van der Waals surface area (Å²) in [6.45, 7) is 0. The van der Waals surface area contributed by atoms with Gasteiger partial charge in [-0.1, -0.05) is 17.7 Å². The monoisotopic (exact) mass is 284 g/mol. The van der Waals surface area contributed by atoms with Gasteiger partial charge in [0.1, 0.15) is 17.4 Å². The van der Waals surface area contributed by atoms with Crippen LogP contribution in [0.2, 0.25) is 5.02 Å². The fourth-order valence-electron chi connectivity index (χ4n) is 1.59. The van der Waals surface area contributed by atoms with Crippen molar-refractivity contribution in [2.75, 3.05) is 18.2 Å². The van der Waals surface area contributed by atoms with Crippen molar-refractivity contribution in [2.24, 2.45) is 0 Å². The van der Waals surface area contributed by atoms with E-state index in [4.69, 9.17) is 22.1 Å². The Morgan fingerprint density at radius 3 is 2.58 bits per heavy atom. The first-order valence-corrected chi connectivity index (χ1v) is 5.74. The standard InChI is InChI=1S/C13H11ClF2N2O/c1-19-12-6-11(9(16)5-10(12)17)18-13-7(14)3-2-4-8(13)15/h2-6,18H,17H2,1H3. The van der Waals surface area contributed by atoms with Crippen molar-refractivity contribution in [3.63, 3.8) is 0 Å². The van der Waals surface area contributed by atoms with Gasteiger partial charge in [-0.25, -0.2) is 8.78 Å². The number of nitrogen functional groups attached to an aromatic ring is 1. The maximum Gasteiger partial charge on any atom is 0.148 e. The van der Waals surface area contributed by atoms with E-state index in [2.05, 4.69) is 5.32 Å². The third-order valence-corrected chi connectivity index (χ3v) is 2.86. The first kappa shape index (κ1) is 13.4. The van der Waals surface area contributed by atoms with Crippen molar-refractivity contribution in [3.8, 4) is 5.75 Å². The highest BCUT2D eigenvalue weighted by molar-refractivity contribution is 6.33. The minimum atomic E-state index is -0.627. The second kappa shape index (κ2) is 5.32. The van der Waals surface area contributed by atoms with Gasteiger partial charge in [-0.2, -0.15) is 0 Å². The predicted octanol–water partition coefficient (Wildman–Crippen LogP) is 3.95. The second-order valence-electron chi connectivity index (χ2n) is 3.80. The predicted molar refractivity (Wildman–Crippen MR) is 72.1 cm³/mol. The molecule has 0 aliphatic heterocycles. The summed E-state index contributed by atoms with van der Waals surface area (Å²) in [5.74, 6) is -0.920. The Bertz CT molecular complexity index is 600. The highest BCUT2D eigenvalue weighted by Gasteiger charge is 2.12. The molecular weight excluding hydrogens is 274 g/mol. The maximum atomic E-state index is 13.8. The molecule has 0 radical (unpaired) electrons.